The number of Topliss-reactive ketones (excluding diaryl/α,β-unsaturated/α-hetero) is 2. The van der Waals surface area contributed by atoms with Gasteiger partial charge in [0.05, 0.1) is 12.5 Å². The Bertz CT molecular complexity index is 279. The summed E-state index contributed by atoms with van der Waals surface area (Å²) in [4.78, 5) is 23.4. The highest BCUT2D eigenvalue weighted by Crippen LogP contribution is 2.56. The fourth-order valence-electron chi connectivity index (χ4n) is 2.51. The van der Waals surface area contributed by atoms with Gasteiger partial charge in [-0.2, -0.15) is 0 Å². The molecule has 0 radical (unpaired) electrons. The van der Waals surface area contributed by atoms with Gasteiger partial charge in [-0.05, 0) is 31.1 Å². The average Bonchev–Trinajstić information content (AvgIpc) is 2.99. The quantitative estimate of drug-likeness (QED) is 0.664. The lowest BCUT2D eigenvalue weighted by atomic mass is 9.76. The minimum atomic E-state index is -0.309. The predicted molar refractivity (Wildman–Crippen MR) is 55.5 cm³/mol. The van der Waals surface area contributed by atoms with Crippen LogP contribution < -0.4 is 0 Å². The highest BCUT2D eigenvalue weighted by molar-refractivity contribution is 6.03. The van der Waals surface area contributed by atoms with Crippen LogP contribution in [0.15, 0.2) is 0 Å². The smallest absolute Gasteiger partial charge is 0.145 e. The summed E-state index contributed by atoms with van der Waals surface area (Å²) in [7, 11) is 1.58. The van der Waals surface area contributed by atoms with Crippen molar-refractivity contribution in [1.29, 1.82) is 0 Å². The average molecular weight is 210 g/mol. The van der Waals surface area contributed by atoms with Gasteiger partial charge in [-0.25, -0.2) is 0 Å². The van der Waals surface area contributed by atoms with E-state index in [4.69, 9.17) is 4.74 Å². The topological polar surface area (TPSA) is 43.4 Å². The number of ether oxygens (including phenoxy) is 1. The van der Waals surface area contributed by atoms with Crippen LogP contribution >= 0.6 is 0 Å². The molecular weight excluding hydrogens is 192 g/mol. The molecule has 2 aliphatic rings. The van der Waals surface area contributed by atoms with E-state index in [1.54, 1.807) is 7.11 Å². The maximum atomic E-state index is 11.8. The summed E-state index contributed by atoms with van der Waals surface area (Å²) in [6.07, 6.45) is 5.27. The van der Waals surface area contributed by atoms with Crippen molar-refractivity contribution in [2.24, 2.45) is 11.3 Å². The van der Waals surface area contributed by atoms with Crippen molar-refractivity contribution >= 4 is 11.6 Å². The molecule has 2 aliphatic carbocycles. The lowest BCUT2D eigenvalue weighted by Gasteiger charge is -2.26. The van der Waals surface area contributed by atoms with E-state index in [9.17, 15) is 9.59 Å². The summed E-state index contributed by atoms with van der Waals surface area (Å²) in [5, 5.41) is 0. The van der Waals surface area contributed by atoms with Gasteiger partial charge in [0.2, 0.25) is 0 Å². The van der Waals surface area contributed by atoms with Crippen molar-refractivity contribution in [3.8, 4) is 0 Å². The van der Waals surface area contributed by atoms with E-state index in [-0.39, 0.29) is 17.5 Å². The zero-order valence-electron chi connectivity index (χ0n) is 9.25. The van der Waals surface area contributed by atoms with Crippen molar-refractivity contribution in [1.82, 2.24) is 0 Å². The van der Waals surface area contributed by atoms with Crippen molar-refractivity contribution in [3.05, 3.63) is 0 Å². The minimum absolute atomic E-state index is 0.0906. The molecule has 0 aromatic rings. The number of carbonyl (C=O) groups is 2. The molecule has 3 nitrogen and oxygen atoms in total. The zero-order chi connectivity index (χ0) is 10.9. The molecule has 0 aromatic carbocycles. The molecule has 1 atom stereocenters. The lowest BCUT2D eigenvalue weighted by molar-refractivity contribution is -0.136. The standard InChI is InChI=1S/C12H18O3/c1-15-7-3-11(14)9-8-12(5-6-12)4-2-10(9)13/h9H,2-8H2,1H3. The van der Waals surface area contributed by atoms with Crippen LogP contribution in [-0.2, 0) is 14.3 Å². The number of hydrogen-bond donors (Lipinski definition) is 0. The Morgan fingerprint density at radius 1 is 1.47 bits per heavy atom. The van der Waals surface area contributed by atoms with Crippen LogP contribution in [0, 0.1) is 11.3 Å². The summed E-state index contributed by atoms with van der Waals surface area (Å²) in [6.45, 7) is 0.440. The van der Waals surface area contributed by atoms with Crippen LogP contribution in [0.2, 0.25) is 0 Å². The summed E-state index contributed by atoms with van der Waals surface area (Å²) < 4.78 is 4.87. The number of hydrogen-bond acceptors (Lipinski definition) is 3. The predicted octanol–water partition coefficient (Wildman–Crippen LogP) is 1.74. The van der Waals surface area contributed by atoms with Gasteiger partial charge >= 0.3 is 0 Å². The Morgan fingerprint density at radius 2 is 2.20 bits per heavy atom. The monoisotopic (exact) mass is 210 g/mol. The fraction of sp³-hybridized carbons (Fsp3) is 0.833. The van der Waals surface area contributed by atoms with Crippen molar-refractivity contribution in [3.63, 3.8) is 0 Å². The Balaban J connectivity index is 1.93. The fourth-order valence-corrected chi connectivity index (χ4v) is 2.51. The first-order valence-corrected chi connectivity index (χ1v) is 5.71. The first-order valence-electron chi connectivity index (χ1n) is 5.71. The number of carbonyl (C=O) groups excluding carboxylic acids is 2. The third-order valence-corrected chi connectivity index (χ3v) is 3.83. The van der Waals surface area contributed by atoms with Crippen LogP contribution in [0.3, 0.4) is 0 Å². The Hall–Kier alpha value is -0.700. The molecular formula is C12H18O3. The normalized spacial score (nSPS) is 28.1. The zero-order valence-corrected chi connectivity index (χ0v) is 9.25. The number of methoxy groups -OCH3 is 1. The Labute approximate surface area is 90.2 Å². The van der Waals surface area contributed by atoms with Crippen LogP contribution in [0.1, 0.15) is 38.5 Å². The molecule has 0 bridgehead atoms. The van der Waals surface area contributed by atoms with E-state index in [2.05, 4.69) is 0 Å². The van der Waals surface area contributed by atoms with E-state index in [0.717, 1.165) is 12.8 Å². The van der Waals surface area contributed by atoms with Gasteiger partial charge in [-0.3, -0.25) is 9.59 Å². The summed E-state index contributed by atoms with van der Waals surface area (Å²) in [6, 6.07) is 0. The van der Waals surface area contributed by atoms with E-state index >= 15 is 0 Å². The molecule has 84 valence electrons. The summed E-state index contributed by atoms with van der Waals surface area (Å²) >= 11 is 0. The molecule has 15 heavy (non-hydrogen) atoms. The van der Waals surface area contributed by atoms with E-state index in [1.165, 1.54) is 12.8 Å². The highest BCUT2D eigenvalue weighted by Gasteiger charge is 2.49. The van der Waals surface area contributed by atoms with Gasteiger partial charge in [0.1, 0.15) is 11.6 Å². The van der Waals surface area contributed by atoms with Gasteiger partial charge in [-0.15, -0.1) is 0 Å². The van der Waals surface area contributed by atoms with Gasteiger partial charge in [0.25, 0.3) is 0 Å². The van der Waals surface area contributed by atoms with E-state index in [1.807, 2.05) is 0 Å². The molecule has 1 unspecified atom stereocenters. The lowest BCUT2D eigenvalue weighted by Crippen LogP contribution is -2.32. The molecule has 2 fully saturated rings. The number of ketones is 2. The molecule has 0 saturated heterocycles. The van der Waals surface area contributed by atoms with Crippen LogP contribution in [-0.4, -0.2) is 25.3 Å². The molecule has 3 heteroatoms. The highest BCUT2D eigenvalue weighted by atomic mass is 16.5. The van der Waals surface area contributed by atoms with Crippen molar-refractivity contribution in [2.75, 3.05) is 13.7 Å². The van der Waals surface area contributed by atoms with Crippen LogP contribution in [0.25, 0.3) is 0 Å². The largest absolute Gasteiger partial charge is 0.384 e. The second-order valence-corrected chi connectivity index (χ2v) is 4.93. The van der Waals surface area contributed by atoms with E-state index in [0.29, 0.717) is 24.9 Å². The SMILES string of the molecule is COCCC(=O)C1CC2(CCC1=O)CC2. The summed E-state index contributed by atoms with van der Waals surface area (Å²) in [5.41, 5.74) is 0.376. The second-order valence-electron chi connectivity index (χ2n) is 4.93. The molecule has 0 amide bonds. The molecule has 2 saturated carbocycles. The Morgan fingerprint density at radius 3 is 2.80 bits per heavy atom. The summed E-state index contributed by atoms with van der Waals surface area (Å²) in [5.74, 6) is -0.0575. The molecule has 0 heterocycles. The number of rotatable bonds is 4. The van der Waals surface area contributed by atoms with Crippen molar-refractivity contribution in [2.45, 2.75) is 38.5 Å². The molecule has 0 aliphatic heterocycles. The van der Waals surface area contributed by atoms with Gasteiger partial charge < -0.3 is 4.74 Å². The maximum Gasteiger partial charge on any atom is 0.145 e. The minimum Gasteiger partial charge on any atom is -0.384 e. The molecule has 2 rings (SSSR count). The van der Waals surface area contributed by atoms with Gasteiger partial charge in [-0.1, -0.05) is 0 Å². The maximum absolute atomic E-state index is 11.8. The molecule has 1 spiro atoms. The third kappa shape index (κ3) is 2.28. The first kappa shape index (κ1) is 10.8. The van der Waals surface area contributed by atoms with E-state index < -0.39 is 0 Å². The third-order valence-electron chi connectivity index (χ3n) is 3.83. The van der Waals surface area contributed by atoms with Crippen LogP contribution in [0.4, 0.5) is 0 Å². The molecule has 0 N–H and O–H groups in total. The second kappa shape index (κ2) is 4.05. The molecule has 0 aromatic heterocycles. The van der Waals surface area contributed by atoms with Gasteiger partial charge in [0.15, 0.2) is 0 Å². The first-order chi connectivity index (χ1) is 7.17. The Kier molecular flexibility index (Phi) is 2.91. The van der Waals surface area contributed by atoms with Crippen molar-refractivity contribution < 1.29 is 14.3 Å². The van der Waals surface area contributed by atoms with Gasteiger partial charge in [0, 0.05) is 20.0 Å². The van der Waals surface area contributed by atoms with Crippen LogP contribution in [0.5, 0.6) is 0 Å².